The number of rotatable bonds is 9. The van der Waals surface area contributed by atoms with Crippen LogP contribution in [0.4, 0.5) is 0 Å². The van der Waals surface area contributed by atoms with Gasteiger partial charge in [0.2, 0.25) is 0 Å². The van der Waals surface area contributed by atoms with Crippen molar-refractivity contribution >= 4 is 14.6 Å². The van der Waals surface area contributed by atoms with Crippen molar-refractivity contribution in [1.29, 1.82) is 0 Å². The van der Waals surface area contributed by atoms with Crippen LogP contribution in [0.2, 0.25) is 12.1 Å². The Balaban J connectivity index is 2.77. The van der Waals surface area contributed by atoms with E-state index in [1.165, 1.54) is 5.56 Å². The maximum Gasteiger partial charge on any atom is 0.338 e. The molecular weight excluding hydrogens is 252 g/mol. The standard InChI is InChI=1S/C16H26O2Si/c1-5-12-19(17-4,13-6-2)18-14-16-11-9-8-10-15(16)7-3/h7-11H,3,5-6,12-14H2,1-2,4H3. The van der Waals surface area contributed by atoms with E-state index in [2.05, 4.69) is 32.6 Å². The monoisotopic (exact) mass is 278 g/mol. The van der Waals surface area contributed by atoms with Gasteiger partial charge in [-0.2, -0.15) is 0 Å². The normalized spacial score (nSPS) is 11.5. The lowest BCUT2D eigenvalue weighted by atomic mass is 10.1. The van der Waals surface area contributed by atoms with E-state index in [1.54, 1.807) is 7.11 Å². The van der Waals surface area contributed by atoms with Crippen LogP contribution in [0.15, 0.2) is 30.8 Å². The molecule has 0 aliphatic heterocycles. The first-order chi connectivity index (χ1) is 9.21. The minimum Gasteiger partial charge on any atom is -0.398 e. The van der Waals surface area contributed by atoms with Gasteiger partial charge in [-0.15, -0.1) is 0 Å². The van der Waals surface area contributed by atoms with E-state index >= 15 is 0 Å². The van der Waals surface area contributed by atoms with Crippen molar-refractivity contribution in [3.05, 3.63) is 42.0 Å². The molecule has 2 nitrogen and oxygen atoms in total. The summed E-state index contributed by atoms with van der Waals surface area (Å²) < 4.78 is 12.1. The third-order valence-corrected chi connectivity index (χ3v) is 7.34. The van der Waals surface area contributed by atoms with Crippen molar-refractivity contribution in [2.24, 2.45) is 0 Å². The second-order valence-corrected chi connectivity index (χ2v) is 8.32. The topological polar surface area (TPSA) is 18.5 Å². The zero-order valence-electron chi connectivity index (χ0n) is 12.4. The molecule has 0 aliphatic rings. The van der Waals surface area contributed by atoms with Crippen molar-refractivity contribution in [3.63, 3.8) is 0 Å². The molecule has 0 saturated heterocycles. The molecule has 0 amide bonds. The lowest BCUT2D eigenvalue weighted by Crippen LogP contribution is -2.40. The Labute approximate surface area is 118 Å². The summed E-state index contributed by atoms with van der Waals surface area (Å²) >= 11 is 0. The van der Waals surface area contributed by atoms with Crippen molar-refractivity contribution in [3.8, 4) is 0 Å². The first kappa shape index (κ1) is 16.2. The second kappa shape index (κ2) is 8.30. The molecule has 0 aliphatic carbocycles. The zero-order chi connectivity index (χ0) is 14.1. The summed E-state index contributed by atoms with van der Waals surface area (Å²) in [5.74, 6) is 0. The van der Waals surface area contributed by atoms with E-state index in [4.69, 9.17) is 8.85 Å². The summed E-state index contributed by atoms with van der Waals surface area (Å²) in [6, 6.07) is 10.4. The minimum absolute atomic E-state index is 0.627. The van der Waals surface area contributed by atoms with Crippen LogP contribution >= 0.6 is 0 Å². The Bertz CT molecular complexity index is 384. The molecule has 0 aromatic heterocycles. The van der Waals surface area contributed by atoms with E-state index < -0.39 is 8.56 Å². The van der Waals surface area contributed by atoms with E-state index in [9.17, 15) is 0 Å². The Morgan fingerprint density at radius 1 is 1.16 bits per heavy atom. The first-order valence-electron chi connectivity index (χ1n) is 7.10. The van der Waals surface area contributed by atoms with Gasteiger partial charge in [0.25, 0.3) is 0 Å². The predicted molar refractivity (Wildman–Crippen MR) is 84.3 cm³/mol. The summed E-state index contributed by atoms with van der Waals surface area (Å²) in [5, 5.41) is 0. The van der Waals surface area contributed by atoms with Gasteiger partial charge in [-0.05, 0) is 23.2 Å². The summed E-state index contributed by atoms with van der Waals surface area (Å²) in [5.41, 5.74) is 2.34. The van der Waals surface area contributed by atoms with Crippen LogP contribution in [0.25, 0.3) is 6.08 Å². The quantitative estimate of drug-likeness (QED) is 0.607. The van der Waals surface area contributed by atoms with Gasteiger partial charge in [0.1, 0.15) is 0 Å². The minimum atomic E-state index is -2.02. The zero-order valence-corrected chi connectivity index (χ0v) is 13.4. The van der Waals surface area contributed by atoms with E-state index in [0.717, 1.165) is 30.5 Å². The van der Waals surface area contributed by atoms with Gasteiger partial charge in [-0.3, -0.25) is 0 Å². The maximum absolute atomic E-state index is 6.26. The lowest BCUT2D eigenvalue weighted by molar-refractivity contribution is 0.187. The molecule has 0 saturated carbocycles. The van der Waals surface area contributed by atoms with Gasteiger partial charge in [0.15, 0.2) is 0 Å². The maximum atomic E-state index is 6.26. The highest BCUT2D eigenvalue weighted by atomic mass is 28.4. The average molecular weight is 278 g/mol. The highest BCUT2D eigenvalue weighted by Crippen LogP contribution is 2.24. The van der Waals surface area contributed by atoms with Crippen molar-refractivity contribution in [2.75, 3.05) is 7.11 Å². The third-order valence-electron chi connectivity index (χ3n) is 3.40. The highest BCUT2D eigenvalue weighted by Gasteiger charge is 2.34. The van der Waals surface area contributed by atoms with Crippen LogP contribution in [0, 0.1) is 0 Å². The molecule has 1 rings (SSSR count). The molecule has 0 spiro atoms. The van der Waals surface area contributed by atoms with Crippen LogP contribution in [-0.4, -0.2) is 15.7 Å². The van der Waals surface area contributed by atoms with Crippen LogP contribution in [0.3, 0.4) is 0 Å². The molecule has 19 heavy (non-hydrogen) atoms. The molecule has 1 aromatic rings. The van der Waals surface area contributed by atoms with Crippen molar-refractivity contribution in [2.45, 2.75) is 45.4 Å². The van der Waals surface area contributed by atoms with Crippen LogP contribution in [-0.2, 0) is 15.5 Å². The summed E-state index contributed by atoms with van der Waals surface area (Å²) in [7, 11) is -0.220. The predicted octanol–water partition coefficient (Wildman–Crippen LogP) is 4.75. The fourth-order valence-corrected chi connectivity index (χ4v) is 5.38. The molecule has 3 heteroatoms. The van der Waals surface area contributed by atoms with Gasteiger partial charge in [-0.25, -0.2) is 0 Å². The molecule has 0 unspecified atom stereocenters. The Morgan fingerprint density at radius 3 is 2.32 bits per heavy atom. The summed E-state index contributed by atoms with van der Waals surface area (Å²) in [6.07, 6.45) is 4.11. The largest absolute Gasteiger partial charge is 0.398 e. The van der Waals surface area contributed by atoms with Gasteiger partial charge < -0.3 is 8.85 Å². The Hall–Kier alpha value is -0.903. The molecule has 0 fully saturated rings. The summed E-state index contributed by atoms with van der Waals surface area (Å²) in [4.78, 5) is 0. The summed E-state index contributed by atoms with van der Waals surface area (Å²) in [6.45, 7) is 8.86. The Kier molecular flexibility index (Phi) is 7.06. The molecule has 0 atom stereocenters. The molecule has 0 N–H and O–H groups in total. The van der Waals surface area contributed by atoms with E-state index in [1.807, 2.05) is 18.2 Å². The van der Waals surface area contributed by atoms with Gasteiger partial charge in [0, 0.05) is 7.11 Å². The van der Waals surface area contributed by atoms with Crippen LogP contribution in [0.5, 0.6) is 0 Å². The highest BCUT2D eigenvalue weighted by molar-refractivity contribution is 6.67. The molecule has 1 aromatic carbocycles. The molecule has 0 heterocycles. The van der Waals surface area contributed by atoms with Crippen LogP contribution < -0.4 is 0 Å². The lowest BCUT2D eigenvalue weighted by Gasteiger charge is -2.29. The number of hydrogen-bond acceptors (Lipinski definition) is 2. The Morgan fingerprint density at radius 2 is 1.79 bits per heavy atom. The third kappa shape index (κ3) is 4.60. The second-order valence-electron chi connectivity index (χ2n) is 4.81. The molecule has 0 radical (unpaired) electrons. The van der Waals surface area contributed by atoms with E-state index in [0.29, 0.717) is 6.61 Å². The SMILES string of the molecule is C=Cc1ccccc1CO[Si](CCC)(CCC)OC. The smallest absolute Gasteiger partial charge is 0.338 e. The fraction of sp³-hybridized carbons (Fsp3) is 0.500. The molecule has 106 valence electrons. The van der Waals surface area contributed by atoms with Gasteiger partial charge in [0.05, 0.1) is 6.61 Å². The molecule has 0 bridgehead atoms. The van der Waals surface area contributed by atoms with Crippen molar-refractivity contribution < 1.29 is 8.85 Å². The van der Waals surface area contributed by atoms with Crippen LogP contribution in [0.1, 0.15) is 37.8 Å². The fourth-order valence-electron chi connectivity index (χ4n) is 2.37. The van der Waals surface area contributed by atoms with E-state index in [-0.39, 0.29) is 0 Å². The number of hydrogen-bond donors (Lipinski definition) is 0. The van der Waals surface area contributed by atoms with Gasteiger partial charge >= 0.3 is 8.56 Å². The van der Waals surface area contributed by atoms with Gasteiger partial charge in [-0.1, -0.05) is 63.6 Å². The first-order valence-corrected chi connectivity index (χ1v) is 9.34. The average Bonchev–Trinajstić information content (AvgIpc) is 2.45. The number of benzene rings is 1. The molecular formula is C16H26O2Si. The van der Waals surface area contributed by atoms with Crippen molar-refractivity contribution in [1.82, 2.24) is 0 Å².